The third kappa shape index (κ3) is 3.96. The molecule has 0 spiro atoms. The van der Waals surface area contributed by atoms with Crippen LogP contribution in [-0.2, 0) is 6.54 Å². The van der Waals surface area contributed by atoms with Crippen LogP contribution >= 0.6 is 11.6 Å². The molecule has 1 amide bonds. The summed E-state index contributed by atoms with van der Waals surface area (Å²) in [5, 5.41) is 2.86. The van der Waals surface area contributed by atoms with Gasteiger partial charge in [0, 0.05) is 23.7 Å². The molecule has 0 unspecified atom stereocenters. The molecule has 1 aliphatic rings. The first-order valence-electron chi connectivity index (χ1n) is 9.04. The fourth-order valence-electron chi connectivity index (χ4n) is 3.42. The van der Waals surface area contributed by atoms with Crippen molar-refractivity contribution in [3.8, 4) is 0 Å². The van der Waals surface area contributed by atoms with Crippen LogP contribution in [0.4, 0.5) is 10.1 Å². The van der Waals surface area contributed by atoms with Gasteiger partial charge in [0.15, 0.2) is 0 Å². The molecule has 7 heteroatoms. The third-order valence-corrected chi connectivity index (χ3v) is 5.15. The number of hydrogen-bond donors (Lipinski definition) is 1. The van der Waals surface area contributed by atoms with Gasteiger partial charge in [0.1, 0.15) is 5.82 Å². The number of likely N-dealkylation sites (tertiary alicyclic amines) is 1. The van der Waals surface area contributed by atoms with Gasteiger partial charge in [0.2, 0.25) is 0 Å². The molecule has 2 aromatic carbocycles. The number of nitrogens with zero attached hydrogens (tertiary/aromatic N) is 3. The molecule has 0 saturated carbocycles. The molecule has 0 aliphatic carbocycles. The summed E-state index contributed by atoms with van der Waals surface area (Å²) in [4.78, 5) is 19.3. The Bertz CT molecular complexity index is 981. The number of imidazole rings is 1. The highest BCUT2D eigenvalue weighted by molar-refractivity contribution is 6.30. The quantitative estimate of drug-likeness (QED) is 0.715. The van der Waals surface area contributed by atoms with Gasteiger partial charge in [-0.15, -0.1) is 0 Å². The van der Waals surface area contributed by atoms with E-state index in [2.05, 4.69) is 19.8 Å². The zero-order valence-corrected chi connectivity index (χ0v) is 15.5. The van der Waals surface area contributed by atoms with Gasteiger partial charge < -0.3 is 14.8 Å². The number of amides is 1. The molecule has 27 heavy (non-hydrogen) atoms. The third-order valence-electron chi connectivity index (χ3n) is 4.92. The Morgan fingerprint density at radius 1 is 1.15 bits per heavy atom. The number of fused-ring (bicyclic) bond motifs is 1. The molecule has 0 bridgehead atoms. The van der Waals surface area contributed by atoms with Gasteiger partial charge in [-0.2, -0.15) is 0 Å². The van der Waals surface area contributed by atoms with Crippen molar-refractivity contribution in [2.24, 2.45) is 0 Å². The minimum Gasteiger partial charge on any atom is -0.329 e. The van der Waals surface area contributed by atoms with E-state index in [1.807, 2.05) is 6.07 Å². The minimum absolute atomic E-state index is 0.0978. The van der Waals surface area contributed by atoms with Crippen LogP contribution in [-0.4, -0.2) is 40.0 Å². The summed E-state index contributed by atoms with van der Waals surface area (Å²) in [6.07, 6.45) is 4.36. The lowest BCUT2D eigenvalue weighted by Gasteiger charge is -2.15. The fraction of sp³-hybridized carbons (Fsp3) is 0.300. The van der Waals surface area contributed by atoms with Crippen molar-refractivity contribution in [3.63, 3.8) is 0 Å². The van der Waals surface area contributed by atoms with E-state index in [9.17, 15) is 9.18 Å². The topological polar surface area (TPSA) is 50.2 Å². The van der Waals surface area contributed by atoms with E-state index in [1.165, 1.54) is 31.0 Å². The lowest BCUT2D eigenvalue weighted by atomic mass is 10.1. The number of aromatic nitrogens is 2. The number of rotatable bonds is 5. The van der Waals surface area contributed by atoms with Crippen molar-refractivity contribution in [1.82, 2.24) is 14.5 Å². The van der Waals surface area contributed by atoms with Crippen molar-refractivity contribution in [2.75, 3.05) is 25.0 Å². The summed E-state index contributed by atoms with van der Waals surface area (Å²) in [6, 6.07) is 9.50. The van der Waals surface area contributed by atoms with E-state index in [1.54, 1.807) is 18.5 Å². The Kier molecular flexibility index (Phi) is 5.09. The monoisotopic (exact) mass is 386 g/mol. The summed E-state index contributed by atoms with van der Waals surface area (Å²) >= 11 is 5.74. The molecule has 3 aromatic rings. The largest absolute Gasteiger partial charge is 0.329 e. The SMILES string of the molecule is O=C(Nc1ccc(Cl)cc1F)c1ccc2c(c1)ncn2CCN1CCCC1. The van der Waals surface area contributed by atoms with Crippen LogP contribution < -0.4 is 5.32 Å². The fourth-order valence-corrected chi connectivity index (χ4v) is 3.58. The van der Waals surface area contributed by atoms with Crippen molar-refractivity contribution >= 4 is 34.2 Å². The maximum absolute atomic E-state index is 13.9. The van der Waals surface area contributed by atoms with Crippen molar-refractivity contribution in [1.29, 1.82) is 0 Å². The van der Waals surface area contributed by atoms with E-state index in [0.717, 1.165) is 37.2 Å². The first-order chi connectivity index (χ1) is 13.1. The Hall–Kier alpha value is -2.44. The van der Waals surface area contributed by atoms with Gasteiger partial charge in [-0.05, 0) is 62.3 Å². The molecule has 4 rings (SSSR count). The number of hydrogen-bond acceptors (Lipinski definition) is 3. The standard InChI is InChI=1S/C20H20ClFN4O/c21-15-4-5-17(16(22)12-15)24-20(27)14-3-6-19-18(11-14)23-13-26(19)10-9-25-7-1-2-8-25/h3-6,11-13H,1-2,7-10H2,(H,24,27). The van der Waals surface area contributed by atoms with Gasteiger partial charge in [-0.1, -0.05) is 11.6 Å². The second kappa shape index (κ2) is 7.66. The molecule has 2 heterocycles. The lowest BCUT2D eigenvalue weighted by Crippen LogP contribution is -2.23. The van der Waals surface area contributed by atoms with Crippen LogP contribution in [0.15, 0.2) is 42.7 Å². The molecule has 0 radical (unpaired) electrons. The highest BCUT2D eigenvalue weighted by Crippen LogP contribution is 2.21. The van der Waals surface area contributed by atoms with Crippen molar-refractivity contribution in [3.05, 3.63) is 59.1 Å². The molecular weight excluding hydrogens is 367 g/mol. The number of carbonyl (C=O) groups is 1. The second-order valence-corrected chi connectivity index (χ2v) is 7.20. The second-order valence-electron chi connectivity index (χ2n) is 6.77. The number of benzene rings is 2. The molecule has 5 nitrogen and oxygen atoms in total. The molecule has 1 fully saturated rings. The van der Waals surface area contributed by atoms with Crippen LogP contribution in [0.25, 0.3) is 11.0 Å². The summed E-state index contributed by atoms with van der Waals surface area (Å²) in [5.41, 5.74) is 2.27. The summed E-state index contributed by atoms with van der Waals surface area (Å²) in [7, 11) is 0. The Balaban J connectivity index is 1.48. The van der Waals surface area contributed by atoms with Crippen molar-refractivity contribution < 1.29 is 9.18 Å². The predicted octanol–water partition coefficient (Wildman–Crippen LogP) is 4.18. The maximum atomic E-state index is 13.9. The lowest BCUT2D eigenvalue weighted by molar-refractivity contribution is 0.102. The number of nitrogens with one attached hydrogen (secondary N) is 1. The molecule has 1 N–H and O–H groups in total. The summed E-state index contributed by atoms with van der Waals surface area (Å²) in [6.45, 7) is 4.21. The number of carbonyl (C=O) groups excluding carboxylic acids is 1. The van der Waals surface area contributed by atoms with Crippen LogP contribution in [0.1, 0.15) is 23.2 Å². The maximum Gasteiger partial charge on any atom is 0.255 e. The van der Waals surface area contributed by atoms with Gasteiger partial charge in [-0.3, -0.25) is 4.79 Å². The molecule has 0 atom stereocenters. The average Bonchev–Trinajstić information content (AvgIpc) is 3.31. The highest BCUT2D eigenvalue weighted by Gasteiger charge is 2.14. The van der Waals surface area contributed by atoms with E-state index >= 15 is 0 Å². The molecule has 1 saturated heterocycles. The van der Waals surface area contributed by atoms with Gasteiger partial charge >= 0.3 is 0 Å². The first-order valence-corrected chi connectivity index (χ1v) is 9.41. The molecule has 1 aliphatic heterocycles. The van der Waals surface area contributed by atoms with Crippen LogP contribution in [0.5, 0.6) is 0 Å². The normalized spacial score (nSPS) is 14.7. The zero-order chi connectivity index (χ0) is 18.8. The van der Waals surface area contributed by atoms with Gasteiger partial charge in [0.25, 0.3) is 5.91 Å². The predicted molar refractivity (Wildman–Crippen MR) is 105 cm³/mol. The molecular formula is C20H20ClFN4O. The zero-order valence-electron chi connectivity index (χ0n) is 14.8. The summed E-state index contributed by atoms with van der Waals surface area (Å²) in [5.74, 6) is -0.951. The molecule has 140 valence electrons. The minimum atomic E-state index is -0.567. The van der Waals surface area contributed by atoms with Crippen LogP contribution in [0.3, 0.4) is 0 Å². The number of halogens is 2. The smallest absolute Gasteiger partial charge is 0.255 e. The Morgan fingerprint density at radius 2 is 1.96 bits per heavy atom. The Labute approximate surface area is 161 Å². The van der Waals surface area contributed by atoms with Crippen LogP contribution in [0.2, 0.25) is 5.02 Å². The van der Waals surface area contributed by atoms with Gasteiger partial charge in [-0.25, -0.2) is 9.37 Å². The van der Waals surface area contributed by atoms with E-state index < -0.39 is 5.82 Å². The first kappa shape index (κ1) is 17.9. The summed E-state index contributed by atoms with van der Waals surface area (Å²) < 4.78 is 16.0. The van der Waals surface area contributed by atoms with E-state index in [0.29, 0.717) is 5.56 Å². The van der Waals surface area contributed by atoms with E-state index in [4.69, 9.17) is 11.6 Å². The highest BCUT2D eigenvalue weighted by atomic mass is 35.5. The Morgan fingerprint density at radius 3 is 2.74 bits per heavy atom. The average molecular weight is 387 g/mol. The number of anilines is 1. The van der Waals surface area contributed by atoms with Gasteiger partial charge in [0.05, 0.1) is 23.0 Å². The van der Waals surface area contributed by atoms with Crippen LogP contribution in [0, 0.1) is 5.82 Å². The van der Waals surface area contributed by atoms with E-state index in [-0.39, 0.29) is 16.6 Å². The van der Waals surface area contributed by atoms with Crippen molar-refractivity contribution in [2.45, 2.75) is 19.4 Å². The molecule has 1 aromatic heterocycles.